The van der Waals surface area contributed by atoms with Gasteiger partial charge in [0.05, 0.1) is 0 Å². The first kappa shape index (κ1) is 34.5. The highest BCUT2D eigenvalue weighted by atomic mass is 16.1. The molecule has 0 aromatic heterocycles. The summed E-state index contributed by atoms with van der Waals surface area (Å²) >= 11 is 0. The standard InChI is InChI=1S/C24H33N.C10H8O.C9H16/c1-3-11-23(21-12-7-5-8-13-21)25-19-17-24(16-4-2,18-20-25)22-14-9-6-10-15-22;1-7-6-10(11)9-5-3-2-4-8(7)9;1-2-3-4-6-9-7-5-8-9/h6-7,9-15H,3-5,8,16-20H2,1-2H3;2-5H,1,6H2;2,9H,1,3-8H2/b23-11+;;. The molecule has 240 valence electrons. The van der Waals surface area contributed by atoms with Crippen LogP contribution in [0.1, 0.15) is 125 Å². The van der Waals surface area contributed by atoms with Crippen molar-refractivity contribution in [3.05, 3.63) is 126 Å². The number of likely N-dealkylation sites (tertiary alicyclic amines) is 1. The number of carbonyl (C=O) groups is 1. The lowest BCUT2D eigenvalue weighted by molar-refractivity contribution is 0.100. The van der Waals surface area contributed by atoms with Crippen LogP contribution in [0.4, 0.5) is 0 Å². The minimum Gasteiger partial charge on any atom is -0.371 e. The van der Waals surface area contributed by atoms with Crippen LogP contribution in [0.2, 0.25) is 0 Å². The summed E-state index contributed by atoms with van der Waals surface area (Å²) in [4.78, 5) is 13.9. The number of carbonyl (C=O) groups excluding carboxylic acids is 1. The van der Waals surface area contributed by atoms with Gasteiger partial charge in [0.25, 0.3) is 0 Å². The van der Waals surface area contributed by atoms with Gasteiger partial charge in [0.15, 0.2) is 5.78 Å². The van der Waals surface area contributed by atoms with Gasteiger partial charge in [0.1, 0.15) is 0 Å². The van der Waals surface area contributed by atoms with Crippen LogP contribution in [0.15, 0.2) is 109 Å². The maximum Gasteiger partial charge on any atom is 0.167 e. The number of fused-ring (bicyclic) bond motifs is 1. The smallest absolute Gasteiger partial charge is 0.167 e. The van der Waals surface area contributed by atoms with Crippen LogP contribution < -0.4 is 0 Å². The Labute approximate surface area is 274 Å². The number of hydrogen-bond acceptors (Lipinski definition) is 2. The molecule has 2 aromatic carbocycles. The number of allylic oxidation sites excluding steroid dienone is 6. The van der Waals surface area contributed by atoms with E-state index in [9.17, 15) is 4.79 Å². The van der Waals surface area contributed by atoms with E-state index in [1.165, 1.54) is 101 Å². The van der Waals surface area contributed by atoms with Crippen molar-refractivity contribution in [3.8, 4) is 0 Å². The second-order valence-electron chi connectivity index (χ2n) is 13.3. The van der Waals surface area contributed by atoms with E-state index in [4.69, 9.17) is 0 Å². The third kappa shape index (κ3) is 9.55. The highest BCUT2D eigenvalue weighted by Gasteiger charge is 2.36. The van der Waals surface area contributed by atoms with E-state index in [0.717, 1.165) is 29.0 Å². The van der Waals surface area contributed by atoms with Crippen LogP contribution >= 0.6 is 0 Å². The van der Waals surface area contributed by atoms with Gasteiger partial charge in [-0.15, -0.1) is 6.58 Å². The summed E-state index contributed by atoms with van der Waals surface area (Å²) in [6, 6.07) is 18.9. The minimum absolute atomic E-state index is 0.200. The Bertz CT molecular complexity index is 1300. The highest BCUT2D eigenvalue weighted by molar-refractivity contribution is 6.11. The maximum absolute atomic E-state index is 11.2. The number of Topliss-reactive ketones (excluding diaryl/α,β-unsaturated/α-hetero) is 1. The summed E-state index contributed by atoms with van der Waals surface area (Å²) in [5, 5.41) is 0. The molecule has 0 spiro atoms. The minimum atomic E-state index is 0.200. The van der Waals surface area contributed by atoms with Crippen molar-refractivity contribution in [1.82, 2.24) is 4.90 Å². The number of ketones is 1. The molecule has 0 bridgehead atoms. The summed E-state index contributed by atoms with van der Waals surface area (Å²) in [5.74, 6) is 1.29. The molecule has 1 heterocycles. The van der Waals surface area contributed by atoms with Crippen molar-refractivity contribution >= 4 is 11.4 Å². The number of benzene rings is 2. The van der Waals surface area contributed by atoms with Gasteiger partial charge in [-0.2, -0.15) is 0 Å². The number of rotatable bonds is 10. The normalized spacial score (nSPS) is 18.9. The average molecular weight is 604 g/mol. The van der Waals surface area contributed by atoms with Crippen molar-refractivity contribution in [2.75, 3.05) is 13.1 Å². The van der Waals surface area contributed by atoms with E-state index in [0.29, 0.717) is 11.8 Å². The second kappa shape index (κ2) is 17.9. The number of hydrogen-bond donors (Lipinski definition) is 0. The van der Waals surface area contributed by atoms with Gasteiger partial charge in [0.2, 0.25) is 0 Å². The predicted octanol–water partition coefficient (Wildman–Crippen LogP) is 11.8. The molecular weight excluding hydrogens is 546 g/mol. The Morgan fingerprint density at radius 1 is 0.978 bits per heavy atom. The second-order valence-corrected chi connectivity index (χ2v) is 13.3. The molecule has 45 heavy (non-hydrogen) atoms. The molecule has 0 atom stereocenters. The van der Waals surface area contributed by atoms with Gasteiger partial charge in [0, 0.05) is 30.8 Å². The molecular formula is C43H57NO. The first-order valence-corrected chi connectivity index (χ1v) is 17.8. The fourth-order valence-electron chi connectivity index (χ4n) is 7.31. The van der Waals surface area contributed by atoms with Crippen LogP contribution in [0, 0.1) is 5.92 Å². The van der Waals surface area contributed by atoms with Gasteiger partial charge in [-0.05, 0) is 85.0 Å². The van der Waals surface area contributed by atoms with Crippen LogP contribution in [0.5, 0.6) is 0 Å². The molecule has 4 aliphatic rings. The van der Waals surface area contributed by atoms with Gasteiger partial charge < -0.3 is 4.90 Å². The third-order valence-electron chi connectivity index (χ3n) is 10.1. The quantitative estimate of drug-likeness (QED) is 0.199. The SMILES string of the molecule is C=C1CC(=O)c2ccccc21.C=CCCCC1CCC1.CC/C=C(\C1=CCCC=C1)N1CCC(CCC)(c2ccccc2)CC1. The Kier molecular flexibility index (Phi) is 13.7. The van der Waals surface area contributed by atoms with Crippen LogP contribution in [0.25, 0.3) is 5.57 Å². The summed E-state index contributed by atoms with van der Waals surface area (Å²) < 4.78 is 0. The third-order valence-corrected chi connectivity index (χ3v) is 10.1. The maximum atomic E-state index is 11.2. The number of nitrogens with zero attached hydrogens (tertiary/aromatic N) is 1. The van der Waals surface area contributed by atoms with Gasteiger partial charge in [-0.3, -0.25) is 4.79 Å². The molecule has 2 heteroatoms. The van der Waals surface area contributed by atoms with Gasteiger partial charge in [-0.1, -0.05) is 138 Å². The summed E-state index contributed by atoms with van der Waals surface area (Å²) in [5.41, 5.74) is 7.64. The molecule has 0 N–H and O–H groups in total. The lowest BCUT2D eigenvalue weighted by Gasteiger charge is -2.44. The van der Waals surface area contributed by atoms with E-state index < -0.39 is 0 Å². The van der Waals surface area contributed by atoms with E-state index in [2.05, 4.69) is 86.5 Å². The van der Waals surface area contributed by atoms with Crippen LogP contribution in [-0.4, -0.2) is 23.8 Å². The van der Waals surface area contributed by atoms with E-state index in [-0.39, 0.29) is 5.78 Å². The van der Waals surface area contributed by atoms with Crippen molar-refractivity contribution in [3.63, 3.8) is 0 Å². The first-order valence-electron chi connectivity index (χ1n) is 17.8. The summed E-state index contributed by atoms with van der Waals surface area (Å²) in [7, 11) is 0. The number of unbranched alkanes of at least 4 members (excludes halogenated alkanes) is 1. The predicted molar refractivity (Wildman–Crippen MR) is 194 cm³/mol. The average Bonchev–Trinajstić information content (AvgIpc) is 3.36. The zero-order valence-corrected chi connectivity index (χ0v) is 28.2. The molecule has 2 fully saturated rings. The highest BCUT2D eigenvalue weighted by Crippen LogP contribution is 2.41. The molecule has 2 aromatic rings. The molecule has 1 saturated heterocycles. The molecule has 3 aliphatic carbocycles. The van der Waals surface area contributed by atoms with Crippen molar-refractivity contribution in [1.29, 1.82) is 0 Å². The molecule has 0 unspecified atom stereocenters. The summed E-state index contributed by atoms with van der Waals surface area (Å²) in [6.07, 6.45) is 29.1. The Morgan fingerprint density at radius 3 is 2.27 bits per heavy atom. The largest absolute Gasteiger partial charge is 0.371 e. The lowest BCUT2D eigenvalue weighted by atomic mass is 9.70. The fourth-order valence-corrected chi connectivity index (χ4v) is 7.31. The van der Waals surface area contributed by atoms with Crippen LogP contribution in [-0.2, 0) is 5.41 Å². The Morgan fingerprint density at radius 2 is 1.69 bits per heavy atom. The lowest BCUT2D eigenvalue weighted by Crippen LogP contribution is -2.42. The van der Waals surface area contributed by atoms with Crippen LogP contribution in [0.3, 0.4) is 0 Å². The van der Waals surface area contributed by atoms with Crippen molar-refractivity contribution in [2.24, 2.45) is 5.92 Å². The molecule has 0 amide bonds. The summed E-state index contributed by atoms with van der Waals surface area (Å²) in [6.45, 7) is 14.5. The first-order chi connectivity index (χ1) is 22.0. The monoisotopic (exact) mass is 603 g/mol. The molecule has 2 nitrogen and oxygen atoms in total. The van der Waals surface area contributed by atoms with E-state index in [1.807, 2.05) is 30.3 Å². The number of piperidine rings is 1. The molecule has 1 saturated carbocycles. The topological polar surface area (TPSA) is 20.3 Å². The Hall–Kier alpha value is -3.39. The molecule has 1 aliphatic heterocycles. The Balaban J connectivity index is 0.000000187. The van der Waals surface area contributed by atoms with Gasteiger partial charge in [-0.25, -0.2) is 0 Å². The van der Waals surface area contributed by atoms with Gasteiger partial charge >= 0.3 is 0 Å². The fraction of sp³-hybridized carbons (Fsp3) is 0.465. The van der Waals surface area contributed by atoms with E-state index >= 15 is 0 Å². The molecule has 6 rings (SSSR count). The molecule has 0 radical (unpaired) electrons. The zero-order valence-electron chi connectivity index (χ0n) is 28.2. The van der Waals surface area contributed by atoms with Crippen molar-refractivity contribution in [2.45, 2.75) is 109 Å². The van der Waals surface area contributed by atoms with Crippen molar-refractivity contribution < 1.29 is 4.79 Å². The zero-order chi connectivity index (χ0) is 31.9. The van der Waals surface area contributed by atoms with E-state index in [1.54, 1.807) is 5.56 Å².